The van der Waals surface area contributed by atoms with Crippen molar-refractivity contribution in [3.8, 4) is 17.4 Å². The summed E-state index contributed by atoms with van der Waals surface area (Å²) in [5.74, 6) is 1.01. The Morgan fingerprint density at radius 3 is 2.37 bits per heavy atom. The van der Waals surface area contributed by atoms with Crippen LogP contribution in [-0.4, -0.2) is 65.7 Å². The number of benzene rings is 3. The van der Waals surface area contributed by atoms with Crippen LogP contribution in [0.4, 0.5) is 5.69 Å². The summed E-state index contributed by atoms with van der Waals surface area (Å²) in [4.78, 5) is 24.5. The molecule has 8 nitrogen and oxygen atoms in total. The Morgan fingerprint density at radius 2 is 1.63 bits per heavy atom. The van der Waals surface area contributed by atoms with Gasteiger partial charge in [-0.05, 0) is 68.7 Å². The molecule has 0 aliphatic carbocycles. The minimum Gasteiger partial charge on any atom is -0.494 e. The zero-order chi connectivity index (χ0) is 26.8. The molecule has 1 aromatic heterocycles. The van der Waals surface area contributed by atoms with Gasteiger partial charge in [0, 0.05) is 41.7 Å². The van der Waals surface area contributed by atoms with Crippen LogP contribution < -0.4 is 9.47 Å². The number of nitrogens with one attached hydrogen (secondary N) is 1. The molecule has 0 radical (unpaired) electrons. The molecule has 0 fully saturated rings. The fourth-order valence-electron chi connectivity index (χ4n) is 4.19. The Labute approximate surface area is 225 Å². The van der Waals surface area contributed by atoms with Gasteiger partial charge in [-0.15, -0.1) is 0 Å². The Hall–Kier alpha value is -4.27. The summed E-state index contributed by atoms with van der Waals surface area (Å²) in [5, 5.41) is 12.2. The molecular weight excluding hydrogens is 504 g/mol. The Bertz CT molecular complexity index is 1560. The van der Waals surface area contributed by atoms with Gasteiger partial charge in [0.15, 0.2) is 17.4 Å². The summed E-state index contributed by atoms with van der Waals surface area (Å²) in [6, 6.07) is 17.9. The zero-order valence-corrected chi connectivity index (χ0v) is 22.0. The molecule has 0 bridgehead atoms. The average molecular weight is 531 g/mol. The van der Waals surface area contributed by atoms with E-state index < -0.39 is 0 Å². The van der Waals surface area contributed by atoms with E-state index in [1.165, 1.54) is 12.5 Å². The second-order valence-corrected chi connectivity index (χ2v) is 9.68. The van der Waals surface area contributed by atoms with Crippen molar-refractivity contribution in [3.05, 3.63) is 94.9 Å². The minimum atomic E-state index is -0.0614. The molecule has 0 atom stereocenters. The molecule has 1 aliphatic rings. The van der Waals surface area contributed by atoms with E-state index in [-0.39, 0.29) is 11.8 Å². The number of aromatic hydroxyl groups is 1. The summed E-state index contributed by atoms with van der Waals surface area (Å²) in [6.07, 6.45) is 2.92. The first-order valence-electron chi connectivity index (χ1n) is 12.0. The molecule has 0 saturated carbocycles. The maximum Gasteiger partial charge on any atom is 0.253 e. The van der Waals surface area contributed by atoms with E-state index in [9.17, 15) is 9.90 Å². The van der Waals surface area contributed by atoms with E-state index in [1.54, 1.807) is 54.4 Å². The number of fused-ring (bicyclic) bond motifs is 2. The fraction of sp³-hybridized carbons (Fsp3) is 0.172. The second kappa shape index (κ2) is 10.6. The van der Waals surface area contributed by atoms with Gasteiger partial charge in [-0.2, -0.15) is 0 Å². The van der Waals surface area contributed by atoms with E-state index in [1.807, 2.05) is 37.2 Å². The van der Waals surface area contributed by atoms with Crippen LogP contribution in [0, 0.1) is 0 Å². The quantitative estimate of drug-likeness (QED) is 0.305. The zero-order valence-electron chi connectivity index (χ0n) is 21.2. The van der Waals surface area contributed by atoms with Crippen molar-refractivity contribution in [1.29, 1.82) is 0 Å². The van der Waals surface area contributed by atoms with Crippen molar-refractivity contribution in [2.24, 2.45) is 4.99 Å². The van der Waals surface area contributed by atoms with Gasteiger partial charge in [0.05, 0.1) is 22.5 Å². The van der Waals surface area contributed by atoms with Crippen molar-refractivity contribution < 1.29 is 19.4 Å². The number of ether oxygens (including phenoxy) is 2. The first kappa shape index (κ1) is 25.4. The number of hydrogen-bond acceptors (Lipinski definition) is 6. The maximum absolute atomic E-state index is 12.8. The predicted octanol–water partition coefficient (Wildman–Crippen LogP) is 5.57. The molecule has 38 heavy (non-hydrogen) atoms. The van der Waals surface area contributed by atoms with Gasteiger partial charge in [-0.1, -0.05) is 17.7 Å². The lowest BCUT2D eigenvalue weighted by molar-refractivity contribution is 0.0786. The van der Waals surface area contributed by atoms with E-state index in [0.717, 1.165) is 11.9 Å². The number of nitrogens with zero attached hydrogens (tertiary/aromatic N) is 3. The van der Waals surface area contributed by atoms with Gasteiger partial charge in [-0.3, -0.25) is 4.79 Å². The van der Waals surface area contributed by atoms with Crippen LogP contribution in [0.15, 0.2) is 78.2 Å². The third-order valence-electron chi connectivity index (χ3n) is 6.22. The molecule has 4 aromatic rings. The molecule has 9 heteroatoms. The van der Waals surface area contributed by atoms with Crippen LogP contribution >= 0.6 is 11.6 Å². The highest BCUT2D eigenvalue weighted by molar-refractivity contribution is 6.31. The van der Waals surface area contributed by atoms with Crippen LogP contribution in [0.2, 0.25) is 5.02 Å². The number of H-pyrrole nitrogens is 1. The normalized spacial score (nSPS) is 12.8. The van der Waals surface area contributed by atoms with Gasteiger partial charge >= 0.3 is 0 Å². The van der Waals surface area contributed by atoms with Gasteiger partial charge in [0.1, 0.15) is 12.5 Å². The molecule has 0 spiro atoms. The number of rotatable bonds is 7. The van der Waals surface area contributed by atoms with Crippen LogP contribution in [-0.2, 0) is 0 Å². The Balaban J connectivity index is 1.56. The number of aromatic nitrogens is 1. The molecule has 1 amide bonds. The van der Waals surface area contributed by atoms with E-state index >= 15 is 0 Å². The van der Waals surface area contributed by atoms with Crippen molar-refractivity contribution in [2.45, 2.75) is 0 Å². The Morgan fingerprint density at radius 1 is 0.921 bits per heavy atom. The maximum atomic E-state index is 12.8. The molecule has 2 heterocycles. The summed E-state index contributed by atoms with van der Waals surface area (Å²) < 4.78 is 11.1. The second-order valence-electron chi connectivity index (χ2n) is 9.25. The topological polar surface area (TPSA) is 90.4 Å². The summed E-state index contributed by atoms with van der Waals surface area (Å²) in [7, 11) is 5.74. The number of carbonyl (C=O) groups excluding carboxylic acids is 1. The third-order valence-corrected chi connectivity index (χ3v) is 6.46. The van der Waals surface area contributed by atoms with E-state index in [4.69, 9.17) is 26.1 Å². The van der Waals surface area contributed by atoms with Crippen molar-refractivity contribution in [2.75, 3.05) is 34.2 Å². The van der Waals surface area contributed by atoms with E-state index in [0.29, 0.717) is 56.7 Å². The summed E-state index contributed by atoms with van der Waals surface area (Å²) in [6.45, 7) is 1.40. The van der Waals surface area contributed by atoms with Crippen LogP contribution in [0.1, 0.15) is 21.5 Å². The molecule has 194 valence electrons. The fourth-order valence-corrected chi connectivity index (χ4v) is 4.36. The lowest BCUT2D eigenvalue weighted by Crippen LogP contribution is -2.33. The lowest BCUT2D eigenvalue weighted by atomic mass is 10.00. The number of likely N-dealkylation sites (N-methyl/N-ethyl adjacent to an activating group) is 2. The minimum absolute atomic E-state index is 0.0369. The van der Waals surface area contributed by atoms with Crippen LogP contribution in [0.3, 0.4) is 0 Å². The number of aromatic amines is 1. The van der Waals surface area contributed by atoms with E-state index in [2.05, 4.69) is 4.98 Å². The number of carbonyl (C=O) groups is 1. The highest BCUT2D eigenvalue weighted by Crippen LogP contribution is 2.36. The summed E-state index contributed by atoms with van der Waals surface area (Å²) >= 11 is 6.18. The molecule has 0 unspecified atom stereocenters. The standard InChI is InChI=1S/C29H27ClN4O4/c1-33(2)12-13-34(3)29(36)18-4-8-21(9-5-18)31-27(19-6-11-24-25(16-19)38-15-14-37-24)26-22-10-7-20(30)17-23(22)32-28(26)35/h4-11,14-17,32,35H,12-13H2,1-3H3. The molecule has 1 aliphatic heterocycles. The predicted molar refractivity (Wildman–Crippen MR) is 149 cm³/mol. The highest BCUT2D eigenvalue weighted by atomic mass is 35.5. The number of amides is 1. The first-order chi connectivity index (χ1) is 18.3. The van der Waals surface area contributed by atoms with Gasteiger partial charge in [-0.25, -0.2) is 4.99 Å². The van der Waals surface area contributed by atoms with Gasteiger partial charge < -0.3 is 29.4 Å². The smallest absolute Gasteiger partial charge is 0.253 e. The van der Waals surface area contributed by atoms with Crippen LogP contribution in [0.5, 0.6) is 17.4 Å². The van der Waals surface area contributed by atoms with Crippen molar-refractivity contribution >= 4 is 39.8 Å². The average Bonchev–Trinajstić information content (AvgIpc) is 3.24. The lowest BCUT2D eigenvalue weighted by Gasteiger charge is -2.19. The van der Waals surface area contributed by atoms with Gasteiger partial charge in [0.25, 0.3) is 5.91 Å². The third kappa shape index (κ3) is 5.22. The largest absolute Gasteiger partial charge is 0.494 e. The number of halogens is 1. The molecule has 2 N–H and O–H groups in total. The van der Waals surface area contributed by atoms with Crippen molar-refractivity contribution in [1.82, 2.24) is 14.8 Å². The highest BCUT2D eigenvalue weighted by Gasteiger charge is 2.21. The number of hydrogen-bond donors (Lipinski definition) is 2. The number of aliphatic imine (C=N–C) groups is 1. The van der Waals surface area contributed by atoms with Crippen LogP contribution in [0.25, 0.3) is 10.9 Å². The molecule has 5 rings (SSSR count). The van der Waals surface area contributed by atoms with Gasteiger partial charge in [0.2, 0.25) is 0 Å². The Kier molecular flexibility index (Phi) is 7.09. The molecule has 3 aromatic carbocycles. The SMILES string of the molecule is CN(C)CCN(C)C(=O)c1ccc(N=C(c2ccc3c(c2)OC=CO3)c2c(O)[nH]c3cc(Cl)ccc23)cc1. The van der Waals surface area contributed by atoms with Crippen molar-refractivity contribution in [3.63, 3.8) is 0 Å². The first-order valence-corrected chi connectivity index (χ1v) is 12.4. The molecule has 0 saturated heterocycles. The monoisotopic (exact) mass is 530 g/mol. The molecular formula is C29H27ClN4O4. The summed E-state index contributed by atoms with van der Waals surface area (Å²) in [5.41, 5.74) is 3.61.